The number of nitrogens with one attached hydrogen (secondary N) is 1. The number of carbonyl (C=O) groups excluding carboxylic acids is 2. The van der Waals surface area contributed by atoms with Gasteiger partial charge in [0, 0.05) is 31.0 Å². The zero-order valence-corrected chi connectivity index (χ0v) is 20.4. The zero-order chi connectivity index (χ0) is 24.5. The van der Waals surface area contributed by atoms with E-state index in [0.29, 0.717) is 29.5 Å². The molecule has 8 nitrogen and oxygen atoms in total. The van der Waals surface area contributed by atoms with Gasteiger partial charge in [0.05, 0.1) is 40.7 Å². The van der Waals surface area contributed by atoms with E-state index in [0.717, 1.165) is 37.0 Å². The highest BCUT2D eigenvalue weighted by molar-refractivity contribution is 5.96. The topological polar surface area (TPSA) is 86.3 Å². The first-order chi connectivity index (χ1) is 16.5. The SMILES string of the molecule is COc1ccc(CN(C(=O)CCC(=O)NC2CCCC2)c2cc(OC)c(OC)c(OC)c2)cc1. The molecule has 3 rings (SSSR count). The van der Waals surface area contributed by atoms with E-state index in [1.165, 1.54) is 21.3 Å². The molecule has 1 saturated carbocycles. The van der Waals surface area contributed by atoms with Crippen molar-refractivity contribution < 1.29 is 28.5 Å². The third kappa shape index (κ3) is 6.34. The lowest BCUT2D eigenvalue weighted by atomic mass is 10.1. The largest absolute Gasteiger partial charge is 0.497 e. The molecule has 0 aromatic heterocycles. The highest BCUT2D eigenvalue weighted by Crippen LogP contribution is 2.41. The van der Waals surface area contributed by atoms with Crippen LogP contribution in [0.25, 0.3) is 0 Å². The van der Waals surface area contributed by atoms with Crippen molar-refractivity contribution in [3.8, 4) is 23.0 Å². The molecule has 0 atom stereocenters. The average Bonchev–Trinajstić information content (AvgIpc) is 3.38. The van der Waals surface area contributed by atoms with Crippen LogP contribution in [0.15, 0.2) is 36.4 Å². The first kappa shape index (κ1) is 25.2. The molecule has 1 N–H and O–H groups in total. The van der Waals surface area contributed by atoms with E-state index in [1.807, 2.05) is 24.3 Å². The van der Waals surface area contributed by atoms with Gasteiger partial charge in [-0.15, -0.1) is 0 Å². The van der Waals surface area contributed by atoms with E-state index in [4.69, 9.17) is 18.9 Å². The van der Waals surface area contributed by atoms with Crippen molar-refractivity contribution in [1.29, 1.82) is 0 Å². The van der Waals surface area contributed by atoms with Gasteiger partial charge in [-0.25, -0.2) is 0 Å². The third-order valence-electron chi connectivity index (χ3n) is 6.05. The molecule has 184 valence electrons. The summed E-state index contributed by atoms with van der Waals surface area (Å²) < 4.78 is 21.6. The Kier molecular flexibility index (Phi) is 9.01. The van der Waals surface area contributed by atoms with Gasteiger partial charge in [-0.2, -0.15) is 0 Å². The molecule has 8 heteroatoms. The summed E-state index contributed by atoms with van der Waals surface area (Å²) >= 11 is 0. The van der Waals surface area contributed by atoms with Crippen LogP contribution in [-0.4, -0.2) is 46.3 Å². The molecular weight excluding hydrogens is 436 g/mol. The predicted molar refractivity (Wildman–Crippen MR) is 130 cm³/mol. The summed E-state index contributed by atoms with van der Waals surface area (Å²) in [7, 11) is 6.20. The summed E-state index contributed by atoms with van der Waals surface area (Å²) in [5, 5.41) is 3.05. The normalized spacial score (nSPS) is 13.3. The second kappa shape index (κ2) is 12.2. The lowest BCUT2D eigenvalue weighted by Crippen LogP contribution is -2.35. The minimum absolute atomic E-state index is 0.0884. The van der Waals surface area contributed by atoms with Gasteiger partial charge in [-0.05, 0) is 30.5 Å². The molecular formula is C26H34N2O6. The Morgan fingerprint density at radius 1 is 0.882 bits per heavy atom. The van der Waals surface area contributed by atoms with E-state index >= 15 is 0 Å². The first-order valence-corrected chi connectivity index (χ1v) is 11.5. The van der Waals surface area contributed by atoms with Crippen molar-refractivity contribution in [1.82, 2.24) is 5.32 Å². The molecule has 0 unspecified atom stereocenters. The molecule has 0 spiro atoms. The Morgan fingerprint density at radius 2 is 1.50 bits per heavy atom. The summed E-state index contributed by atoms with van der Waals surface area (Å²) in [6.07, 6.45) is 4.52. The van der Waals surface area contributed by atoms with Crippen molar-refractivity contribution in [2.45, 2.75) is 51.1 Å². The summed E-state index contributed by atoms with van der Waals surface area (Å²) in [4.78, 5) is 27.4. The molecule has 1 fully saturated rings. The average molecular weight is 471 g/mol. The quantitative estimate of drug-likeness (QED) is 0.532. The lowest BCUT2D eigenvalue weighted by molar-refractivity contribution is -0.125. The standard InChI is InChI=1S/C26H34N2O6/c1-31-21-11-9-18(10-12-21)17-28(20-15-22(32-2)26(34-4)23(16-20)33-3)25(30)14-13-24(29)27-19-7-5-6-8-19/h9-12,15-16,19H,5-8,13-14,17H2,1-4H3,(H,27,29). The van der Waals surface area contributed by atoms with Gasteiger partial charge in [0.1, 0.15) is 5.75 Å². The number of hydrogen-bond donors (Lipinski definition) is 1. The first-order valence-electron chi connectivity index (χ1n) is 11.5. The Bertz CT molecular complexity index is 945. The molecule has 0 heterocycles. The summed E-state index contributed by atoms with van der Waals surface area (Å²) in [6, 6.07) is 11.2. The van der Waals surface area contributed by atoms with E-state index in [9.17, 15) is 9.59 Å². The van der Waals surface area contributed by atoms with E-state index in [2.05, 4.69) is 5.32 Å². The molecule has 2 amide bonds. The fourth-order valence-corrected chi connectivity index (χ4v) is 4.19. The number of amides is 2. The Morgan fingerprint density at radius 3 is 2.03 bits per heavy atom. The maximum Gasteiger partial charge on any atom is 0.227 e. The molecule has 0 saturated heterocycles. The molecule has 0 bridgehead atoms. The second-order valence-electron chi connectivity index (χ2n) is 8.26. The summed E-state index contributed by atoms with van der Waals surface area (Å²) in [5.41, 5.74) is 1.50. The van der Waals surface area contributed by atoms with Crippen LogP contribution in [0.1, 0.15) is 44.1 Å². The van der Waals surface area contributed by atoms with Gasteiger partial charge in [0.25, 0.3) is 0 Å². The van der Waals surface area contributed by atoms with Crippen LogP contribution >= 0.6 is 0 Å². The van der Waals surface area contributed by atoms with E-state index in [1.54, 1.807) is 24.1 Å². The van der Waals surface area contributed by atoms with Gasteiger partial charge in [0.2, 0.25) is 17.6 Å². The monoisotopic (exact) mass is 470 g/mol. The second-order valence-corrected chi connectivity index (χ2v) is 8.26. The highest BCUT2D eigenvalue weighted by atomic mass is 16.5. The zero-order valence-electron chi connectivity index (χ0n) is 20.4. The number of carbonyl (C=O) groups is 2. The number of nitrogens with zero attached hydrogens (tertiary/aromatic N) is 1. The van der Waals surface area contributed by atoms with Gasteiger partial charge >= 0.3 is 0 Å². The van der Waals surface area contributed by atoms with Gasteiger partial charge in [0.15, 0.2) is 11.5 Å². The molecule has 2 aromatic rings. The Hall–Kier alpha value is -3.42. The number of anilines is 1. The van der Waals surface area contributed by atoms with Crippen molar-refractivity contribution in [2.75, 3.05) is 33.3 Å². The van der Waals surface area contributed by atoms with Crippen LogP contribution in [0.2, 0.25) is 0 Å². The van der Waals surface area contributed by atoms with Crippen LogP contribution in [0.4, 0.5) is 5.69 Å². The number of methoxy groups -OCH3 is 4. The summed E-state index contributed by atoms with van der Waals surface area (Å²) in [6.45, 7) is 0.311. The summed E-state index contributed by atoms with van der Waals surface area (Å²) in [5.74, 6) is 1.81. The van der Waals surface area contributed by atoms with Gasteiger partial charge < -0.3 is 29.2 Å². The van der Waals surface area contributed by atoms with Crippen molar-refractivity contribution in [2.24, 2.45) is 0 Å². The maximum atomic E-state index is 13.4. The molecule has 2 aromatic carbocycles. The van der Waals surface area contributed by atoms with Crippen LogP contribution in [-0.2, 0) is 16.1 Å². The molecule has 0 aliphatic heterocycles. The molecule has 1 aliphatic carbocycles. The van der Waals surface area contributed by atoms with Crippen LogP contribution in [0, 0.1) is 0 Å². The van der Waals surface area contributed by atoms with Crippen molar-refractivity contribution in [3.05, 3.63) is 42.0 Å². The number of ether oxygens (including phenoxy) is 4. The third-order valence-corrected chi connectivity index (χ3v) is 6.05. The molecule has 34 heavy (non-hydrogen) atoms. The van der Waals surface area contributed by atoms with Crippen molar-refractivity contribution in [3.63, 3.8) is 0 Å². The Balaban J connectivity index is 1.83. The molecule has 1 aliphatic rings. The lowest BCUT2D eigenvalue weighted by Gasteiger charge is -2.25. The number of hydrogen-bond acceptors (Lipinski definition) is 6. The highest BCUT2D eigenvalue weighted by Gasteiger charge is 2.23. The van der Waals surface area contributed by atoms with Crippen molar-refractivity contribution >= 4 is 17.5 Å². The molecule has 0 radical (unpaired) electrons. The van der Waals surface area contributed by atoms with Crippen LogP contribution in [0.5, 0.6) is 23.0 Å². The van der Waals surface area contributed by atoms with Gasteiger partial charge in [-0.3, -0.25) is 9.59 Å². The predicted octanol–water partition coefficient (Wildman–Crippen LogP) is 4.09. The maximum absolute atomic E-state index is 13.4. The smallest absolute Gasteiger partial charge is 0.227 e. The van der Waals surface area contributed by atoms with E-state index < -0.39 is 0 Å². The number of benzene rings is 2. The fourth-order valence-electron chi connectivity index (χ4n) is 4.19. The van der Waals surface area contributed by atoms with Crippen LogP contribution in [0.3, 0.4) is 0 Å². The Labute approximate surface area is 201 Å². The van der Waals surface area contributed by atoms with E-state index in [-0.39, 0.29) is 30.7 Å². The van der Waals surface area contributed by atoms with Crippen LogP contribution < -0.4 is 29.2 Å². The number of rotatable bonds is 11. The fraction of sp³-hybridized carbons (Fsp3) is 0.462. The minimum Gasteiger partial charge on any atom is -0.497 e. The minimum atomic E-state index is -0.174. The van der Waals surface area contributed by atoms with Gasteiger partial charge in [-0.1, -0.05) is 25.0 Å².